The van der Waals surface area contributed by atoms with Crippen LogP contribution in [0.5, 0.6) is 0 Å². The van der Waals surface area contributed by atoms with Crippen LogP contribution >= 0.6 is 0 Å². The van der Waals surface area contributed by atoms with Gasteiger partial charge in [0.05, 0.1) is 0 Å². The summed E-state index contributed by atoms with van der Waals surface area (Å²) in [5.41, 5.74) is 0. The Morgan fingerprint density at radius 1 is 0.500 bits per heavy atom. The van der Waals surface area contributed by atoms with Gasteiger partial charge in [-0.3, -0.25) is 0 Å². The summed E-state index contributed by atoms with van der Waals surface area (Å²) in [6.45, 7) is 0. The van der Waals surface area contributed by atoms with Gasteiger partial charge < -0.3 is 17.3 Å². The summed E-state index contributed by atoms with van der Waals surface area (Å²) < 4.78 is 39.0. The fourth-order valence-electron chi connectivity index (χ4n) is 1.75. The molecule has 0 unspecified atom stereocenters. The van der Waals surface area contributed by atoms with Crippen molar-refractivity contribution in [3.63, 3.8) is 0 Å². The van der Waals surface area contributed by atoms with E-state index in [2.05, 4.69) is 48.6 Å². The third-order valence-corrected chi connectivity index (χ3v) is 2.75. The van der Waals surface area contributed by atoms with E-state index < -0.39 is 7.25 Å². The van der Waals surface area contributed by atoms with Gasteiger partial charge in [-0.25, -0.2) is 0 Å². The van der Waals surface area contributed by atoms with Crippen molar-refractivity contribution in [3.8, 4) is 0 Å². The summed E-state index contributed by atoms with van der Waals surface area (Å²) in [4.78, 5) is 0. The summed E-state index contributed by atoms with van der Waals surface area (Å²) in [7, 11) is -6.00. The normalized spacial score (nSPS) is 17.3. The van der Waals surface area contributed by atoms with Crippen LogP contribution in [0.3, 0.4) is 0 Å². The van der Waals surface area contributed by atoms with E-state index in [1.54, 1.807) is 0 Å². The predicted molar refractivity (Wildman–Crippen MR) is 83.7 cm³/mol. The molecule has 0 heterocycles. The van der Waals surface area contributed by atoms with E-state index in [1.807, 2.05) is 0 Å². The van der Waals surface area contributed by atoms with E-state index in [0.29, 0.717) is 0 Å². The zero-order valence-corrected chi connectivity index (χ0v) is 15.1. The molecular weight excluding hydrogens is 471 g/mol. The van der Waals surface area contributed by atoms with Crippen LogP contribution in [0.15, 0.2) is 48.6 Å². The molecule has 0 bridgehead atoms. The molecule has 0 saturated heterocycles. The molecule has 0 amide bonds. The van der Waals surface area contributed by atoms with Gasteiger partial charge in [-0.05, 0) is 51.4 Å². The molecule has 0 spiro atoms. The number of hydrogen-bond acceptors (Lipinski definition) is 0. The number of rotatable bonds is 0. The van der Waals surface area contributed by atoms with Crippen LogP contribution in [0, 0.1) is 0 Å². The van der Waals surface area contributed by atoms with Crippen LogP contribution in [-0.4, -0.2) is 7.25 Å². The Hall–Kier alpha value is -0.606. The van der Waals surface area contributed by atoms with E-state index in [0.717, 1.165) is 0 Å². The molecule has 0 aromatic carbocycles. The molecule has 6 heteroatoms. The average molecular weight is 495 g/mol. The van der Waals surface area contributed by atoms with Gasteiger partial charge in [0.2, 0.25) is 0 Å². The smallest absolute Gasteiger partial charge is 0.418 e. The van der Waals surface area contributed by atoms with Crippen molar-refractivity contribution in [3.05, 3.63) is 48.6 Å². The Labute approximate surface area is 144 Å². The minimum absolute atomic E-state index is 0. The van der Waals surface area contributed by atoms with E-state index in [4.69, 9.17) is 0 Å². The molecule has 0 aromatic rings. The van der Waals surface area contributed by atoms with Crippen molar-refractivity contribution < 1.29 is 37.4 Å². The van der Waals surface area contributed by atoms with Crippen LogP contribution in [0.2, 0.25) is 0 Å². The van der Waals surface area contributed by atoms with Gasteiger partial charge in [-0.15, -0.1) is 0 Å². The zero-order valence-electron chi connectivity index (χ0n) is 12.7. The fourth-order valence-corrected chi connectivity index (χ4v) is 1.75. The quantitative estimate of drug-likeness (QED) is 0.261. The largest absolute Gasteiger partial charge is 0.673 e. The van der Waals surface area contributed by atoms with Crippen molar-refractivity contribution in [2.24, 2.45) is 0 Å². The van der Waals surface area contributed by atoms with E-state index in [1.165, 1.54) is 51.4 Å². The fraction of sp³-hybridized carbons (Fsp3) is 0.500. The minimum Gasteiger partial charge on any atom is -0.418 e. The maximum absolute atomic E-state index is 9.75. The monoisotopic (exact) mass is 496 g/mol. The van der Waals surface area contributed by atoms with Gasteiger partial charge in [-0.2, -0.15) is 0 Å². The SMILES string of the molecule is C1=CCCCCC=C1.C1=CCCCCC=C1.F[B-](F)(F)F.[Ir]. The van der Waals surface area contributed by atoms with Gasteiger partial charge in [0.15, 0.2) is 0 Å². The van der Waals surface area contributed by atoms with Crippen molar-refractivity contribution in [2.45, 2.75) is 51.4 Å². The van der Waals surface area contributed by atoms with Crippen LogP contribution < -0.4 is 0 Å². The number of allylic oxidation sites excluding steroid dienone is 8. The molecule has 1 radical (unpaired) electrons. The van der Waals surface area contributed by atoms with Gasteiger partial charge in [0, 0.05) is 20.1 Å². The molecule has 0 aliphatic heterocycles. The molecule has 2 aliphatic carbocycles. The Morgan fingerprint density at radius 2 is 0.682 bits per heavy atom. The summed E-state index contributed by atoms with van der Waals surface area (Å²) in [6, 6.07) is 0. The second kappa shape index (κ2) is 16.8. The maximum Gasteiger partial charge on any atom is 0.673 e. The minimum atomic E-state index is -6.00. The summed E-state index contributed by atoms with van der Waals surface area (Å²) >= 11 is 0. The van der Waals surface area contributed by atoms with Crippen LogP contribution in [0.1, 0.15) is 51.4 Å². The molecule has 2 aliphatic rings. The topological polar surface area (TPSA) is 0 Å². The molecule has 0 atom stereocenters. The van der Waals surface area contributed by atoms with Crippen LogP contribution in [0.25, 0.3) is 0 Å². The summed E-state index contributed by atoms with van der Waals surface area (Å²) in [5.74, 6) is 0. The predicted octanol–water partition coefficient (Wildman–Crippen LogP) is 6.64. The Balaban J connectivity index is 0. The molecule has 0 fully saturated rings. The Kier molecular flexibility index (Phi) is 18.0. The van der Waals surface area contributed by atoms with Crippen molar-refractivity contribution in [1.82, 2.24) is 0 Å². The first-order chi connectivity index (χ1) is 10.0. The van der Waals surface area contributed by atoms with E-state index >= 15 is 0 Å². The molecular formula is C16H24BF4Ir-. The Bertz CT molecular complexity index is 285. The second-order valence-corrected chi connectivity index (χ2v) is 4.78. The van der Waals surface area contributed by atoms with Crippen LogP contribution in [-0.2, 0) is 20.1 Å². The number of halogens is 4. The average Bonchev–Trinajstić information content (AvgIpc) is 2.24. The third-order valence-electron chi connectivity index (χ3n) is 2.75. The molecule has 2 rings (SSSR count). The van der Waals surface area contributed by atoms with E-state index in [9.17, 15) is 17.3 Å². The molecule has 0 saturated carbocycles. The summed E-state index contributed by atoms with van der Waals surface area (Å²) in [5, 5.41) is 0. The van der Waals surface area contributed by atoms with Crippen molar-refractivity contribution in [1.29, 1.82) is 0 Å². The Morgan fingerprint density at radius 3 is 0.864 bits per heavy atom. The van der Waals surface area contributed by atoms with Crippen LogP contribution in [0.4, 0.5) is 17.3 Å². The first-order valence-corrected chi connectivity index (χ1v) is 7.51. The maximum atomic E-state index is 9.75. The third kappa shape index (κ3) is 27.7. The van der Waals surface area contributed by atoms with E-state index in [-0.39, 0.29) is 20.1 Å². The zero-order chi connectivity index (χ0) is 15.8. The van der Waals surface area contributed by atoms with Crippen molar-refractivity contribution in [2.75, 3.05) is 0 Å². The standard InChI is InChI=1S/2C8H12.BF4.Ir/c2*1-2-4-6-8-7-5-3-1;2-1(3,4)5;/h2*1-4H,5-8H2;;/q;;-1;. The van der Waals surface area contributed by atoms with Crippen molar-refractivity contribution >= 4 is 7.25 Å². The second-order valence-electron chi connectivity index (χ2n) is 4.78. The number of hydrogen-bond donors (Lipinski definition) is 0. The van der Waals surface area contributed by atoms with Gasteiger partial charge >= 0.3 is 7.25 Å². The van der Waals surface area contributed by atoms with Gasteiger partial charge in [0.25, 0.3) is 0 Å². The van der Waals surface area contributed by atoms with Gasteiger partial charge in [-0.1, -0.05) is 48.6 Å². The van der Waals surface area contributed by atoms with Gasteiger partial charge in [0.1, 0.15) is 0 Å². The molecule has 22 heavy (non-hydrogen) atoms. The first-order valence-electron chi connectivity index (χ1n) is 7.51. The summed E-state index contributed by atoms with van der Waals surface area (Å²) in [6.07, 6.45) is 28.0. The molecule has 0 aromatic heterocycles. The molecule has 0 N–H and O–H groups in total. The first kappa shape index (κ1) is 23.7. The molecule has 0 nitrogen and oxygen atoms in total. The molecule has 129 valence electrons.